The minimum absolute atomic E-state index is 0.105. The Balaban J connectivity index is 1.88. The van der Waals surface area contributed by atoms with Crippen molar-refractivity contribution in [2.45, 2.75) is 6.61 Å². The third kappa shape index (κ3) is 3.15. The van der Waals surface area contributed by atoms with Crippen LogP contribution in [0, 0.1) is 0 Å². The Bertz CT molecular complexity index is 449. The van der Waals surface area contributed by atoms with Crippen molar-refractivity contribution in [3.8, 4) is 0 Å². The first-order valence-corrected chi connectivity index (χ1v) is 6.00. The molecule has 0 saturated carbocycles. The molecular weight excluding hydrogens is 246 g/mol. The molecule has 1 aliphatic rings. The molecule has 0 spiro atoms. The van der Waals surface area contributed by atoms with Crippen molar-refractivity contribution < 1.29 is 14.3 Å². The van der Waals surface area contributed by atoms with E-state index in [1.54, 1.807) is 14.1 Å². The molecule has 3 amide bonds. The van der Waals surface area contributed by atoms with Crippen molar-refractivity contribution in [2.24, 2.45) is 0 Å². The third-order valence-electron chi connectivity index (χ3n) is 2.88. The predicted octanol–water partition coefficient (Wildman–Crippen LogP) is 1.54. The number of ether oxygens (including phenoxy) is 1. The van der Waals surface area contributed by atoms with Gasteiger partial charge in [-0.05, 0) is 5.56 Å². The lowest BCUT2D eigenvalue weighted by molar-refractivity contribution is 0.0346. The lowest BCUT2D eigenvalue weighted by Crippen LogP contribution is -2.56. The van der Waals surface area contributed by atoms with E-state index >= 15 is 0 Å². The highest BCUT2D eigenvalue weighted by atomic mass is 16.6. The molecule has 0 unspecified atom stereocenters. The van der Waals surface area contributed by atoms with Gasteiger partial charge in [-0.2, -0.15) is 0 Å². The molecule has 1 fully saturated rings. The summed E-state index contributed by atoms with van der Waals surface area (Å²) in [6, 6.07) is 9.38. The van der Waals surface area contributed by atoms with E-state index in [0.717, 1.165) is 5.56 Å². The Morgan fingerprint density at radius 3 is 2.32 bits per heavy atom. The summed E-state index contributed by atoms with van der Waals surface area (Å²) in [5.41, 5.74) is 0.936. The maximum absolute atomic E-state index is 11.9. The fourth-order valence-electron chi connectivity index (χ4n) is 1.90. The van der Waals surface area contributed by atoms with Gasteiger partial charge < -0.3 is 14.5 Å². The molecule has 1 aliphatic heterocycles. The van der Waals surface area contributed by atoms with Crippen LogP contribution in [-0.2, 0) is 11.3 Å². The van der Waals surface area contributed by atoms with Crippen LogP contribution in [0.5, 0.6) is 0 Å². The van der Waals surface area contributed by atoms with Crippen LogP contribution in [0.2, 0.25) is 0 Å². The van der Waals surface area contributed by atoms with Crippen molar-refractivity contribution in [2.75, 3.05) is 27.4 Å². The lowest BCUT2D eigenvalue weighted by Gasteiger charge is -2.37. The van der Waals surface area contributed by atoms with E-state index in [2.05, 4.69) is 0 Å². The van der Waals surface area contributed by atoms with Gasteiger partial charge in [0.2, 0.25) is 0 Å². The summed E-state index contributed by atoms with van der Waals surface area (Å²) in [6.45, 7) is 0.727. The molecule has 1 saturated heterocycles. The van der Waals surface area contributed by atoms with Gasteiger partial charge in [-0.25, -0.2) is 9.59 Å². The van der Waals surface area contributed by atoms with Crippen LogP contribution in [0.1, 0.15) is 5.56 Å². The molecule has 6 heteroatoms. The Morgan fingerprint density at radius 2 is 1.74 bits per heavy atom. The molecule has 102 valence electrons. The van der Waals surface area contributed by atoms with Gasteiger partial charge in [0.05, 0.1) is 0 Å². The van der Waals surface area contributed by atoms with Gasteiger partial charge in [0, 0.05) is 14.1 Å². The quantitative estimate of drug-likeness (QED) is 0.813. The zero-order chi connectivity index (χ0) is 13.8. The third-order valence-corrected chi connectivity index (χ3v) is 2.88. The summed E-state index contributed by atoms with van der Waals surface area (Å²) >= 11 is 0. The summed E-state index contributed by atoms with van der Waals surface area (Å²) in [5, 5.41) is 0. The summed E-state index contributed by atoms with van der Waals surface area (Å²) in [4.78, 5) is 27.9. The molecule has 2 rings (SSSR count). The fraction of sp³-hybridized carbons (Fsp3) is 0.385. The number of urea groups is 1. The van der Waals surface area contributed by atoms with Crippen molar-refractivity contribution in [3.63, 3.8) is 0 Å². The second-order valence-electron chi connectivity index (χ2n) is 4.54. The number of hydrogen-bond acceptors (Lipinski definition) is 3. The van der Waals surface area contributed by atoms with Crippen molar-refractivity contribution >= 4 is 12.1 Å². The zero-order valence-corrected chi connectivity index (χ0v) is 11.1. The van der Waals surface area contributed by atoms with Crippen LogP contribution < -0.4 is 0 Å². The first kappa shape index (κ1) is 13.2. The molecule has 0 atom stereocenters. The molecule has 19 heavy (non-hydrogen) atoms. The molecule has 1 heterocycles. The van der Waals surface area contributed by atoms with E-state index in [1.807, 2.05) is 30.3 Å². The maximum atomic E-state index is 11.9. The van der Waals surface area contributed by atoms with Crippen molar-refractivity contribution in [1.82, 2.24) is 14.7 Å². The molecule has 0 radical (unpaired) electrons. The lowest BCUT2D eigenvalue weighted by atomic mass is 10.2. The van der Waals surface area contributed by atoms with Crippen LogP contribution in [0.15, 0.2) is 30.3 Å². The van der Waals surface area contributed by atoms with Gasteiger partial charge in [-0.15, -0.1) is 0 Å². The van der Waals surface area contributed by atoms with E-state index in [9.17, 15) is 9.59 Å². The Kier molecular flexibility index (Phi) is 3.89. The van der Waals surface area contributed by atoms with Crippen molar-refractivity contribution in [3.05, 3.63) is 35.9 Å². The second kappa shape index (κ2) is 5.60. The van der Waals surface area contributed by atoms with E-state index in [-0.39, 0.29) is 26.0 Å². The number of carbonyl (C=O) groups excluding carboxylic acids is 2. The van der Waals surface area contributed by atoms with E-state index < -0.39 is 6.09 Å². The topological polar surface area (TPSA) is 53.1 Å². The molecule has 0 aromatic heterocycles. The Labute approximate surface area is 112 Å². The normalized spacial score (nSPS) is 15.7. The molecule has 1 aromatic carbocycles. The minimum atomic E-state index is -0.421. The summed E-state index contributed by atoms with van der Waals surface area (Å²) in [6.07, 6.45) is -0.421. The van der Waals surface area contributed by atoms with E-state index in [4.69, 9.17) is 4.74 Å². The van der Waals surface area contributed by atoms with E-state index in [0.29, 0.717) is 0 Å². The summed E-state index contributed by atoms with van der Waals surface area (Å²) < 4.78 is 5.22. The number of amides is 3. The second-order valence-corrected chi connectivity index (χ2v) is 4.54. The number of carbonyl (C=O) groups is 2. The molecule has 1 aromatic rings. The minimum Gasteiger partial charge on any atom is -0.444 e. The average Bonchev–Trinajstić information content (AvgIpc) is 2.42. The molecular formula is C13H17N3O3. The van der Waals surface area contributed by atoms with Crippen LogP contribution in [0.25, 0.3) is 0 Å². The van der Waals surface area contributed by atoms with Crippen LogP contribution in [-0.4, -0.2) is 54.3 Å². The predicted molar refractivity (Wildman–Crippen MR) is 69.1 cm³/mol. The fourth-order valence-corrected chi connectivity index (χ4v) is 1.90. The Morgan fingerprint density at radius 1 is 1.16 bits per heavy atom. The van der Waals surface area contributed by atoms with Crippen molar-refractivity contribution in [1.29, 1.82) is 0 Å². The molecule has 0 N–H and O–H groups in total. The van der Waals surface area contributed by atoms with Crippen LogP contribution >= 0.6 is 0 Å². The first-order chi connectivity index (χ1) is 9.08. The highest BCUT2D eigenvalue weighted by Gasteiger charge is 2.28. The standard InChI is InChI=1S/C13H17N3O3/c1-14-9-16(10-15(2)12(14)17)13(18)19-8-11-6-4-3-5-7-11/h3-7H,8-10H2,1-2H3. The summed E-state index contributed by atoms with van der Waals surface area (Å²) in [7, 11) is 3.30. The largest absolute Gasteiger partial charge is 0.444 e. The number of nitrogens with zero attached hydrogens (tertiary/aromatic N) is 3. The molecule has 6 nitrogen and oxygen atoms in total. The van der Waals surface area contributed by atoms with Crippen LogP contribution in [0.4, 0.5) is 9.59 Å². The van der Waals surface area contributed by atoms with Crippen LogP contribution in [0.3, 0.4) is 0 Å². The van der Waals surface area contributed by atoms with E-state index in [1.165, 1.54) is 14.7 Å². The molecule has 0 bridgehead atoms. The van der Waals surface area contributed by atoms with Gasteiger partial charge in [0.15, 0.2) is 0 Å². The smallest absolute Gasteiger partial charge is 0.412 e. The van der Waals surface area contributed by atoms with Gasteiger partial charge in [0.1, 0.15) is 19.9 Å². The zero-order valence-electron chi connectivity index (χ0n) is 11.1. The highest BCUT2D eigenvalue weighted by molar-refractivity contribution is 5.77. The van der Waals surface area contributed by atoms with Gasteiger partial charge in [-0.1, -0.05) is 30.3 Å². The number of hydrogen-bond donors (Lipinski definition) is 0. The van der Waals surface area contributed by atoms with Gasteiger partial charge in [0.25, 0.3) is 0 Å². The van der Waals surface area contributed by atoms with Gasteiger partial charge in [-0.3, -0.25) is 4.90 Å². The number of rotatable bonds is 2. The number of benzene rings is 1. The monoisotopic (exact) mass is 263 g/mol. The summed E-state index contributed by atoms with van der Waals surface area (Å²) in [5.74, 6) is 0. The Hall–Kier alpha value is -2.24. The maximum Gasteiger partial charge on any atom is 0.412 e. The average molecular weight is 263 g/mol. The first-order valence-electron chi connectivity index (χ1n) is 6.00. The SMILES string of the molecule is CN1CN(C(=O)OCc2ccccc2)CN(C)C1=O. The highest BCUT2D eigenvalue weighted by Crippen LogP contribution is 2.09. The van der Waals surface area contributed by atoms with Gasteiger partial charge >= 0.3 is 12.1 Å². The molecule has 0 aliphatic carbocycles.